The van der Waals surface area contributed by atoms with E-state index >= 15 is 0 Å². The van der Waals surface area contributed by atoms with Gasteiger partial charge in [0.15, 0.2) is 17.5 Å². The van der Waals surface area contributed by atoms with Gasteiger partial charge < -0.3 is 5.32 Å². The molecule has 0 aliphatic rings. The van der Waals surface area contributed by atoms with E-state index in [1.54, 1.807) is 0 Å². The van der Waals surface area contributed by atoms with Crippen LogP contribution in [0, 0.1) is 17.6 Å². The summed E-state index contributed by atoms with van der Waals surface area (Å²) in [4.78, 5) is 0. The number of hydrogen-bond acceptors (Lipinski definition) is 4. The molecule has 2 aromatic rings. The molecule has 0 fully saturated rings. The highest BCUT2D eigenvalue weighted by atomic mass is 19.2. The van der Waals surface area contributed by atoms with E-state index in [2.05, 4.69) is 34.7 Å². The second-order valence-corrected chi connectivity index (χ2v) is 5.05. The Kier molecular flexibility index (Phi) is 4.39. The van der Waals surface area contributed by atoms with Crippen molar-refractivity contribution in [2.45, 2.75) is 26.8 Å². The smallest absolute Gasteiger partial charge is 0.184 e. The van der Waals surface area contributed by atoms with Crippen molar-refractivity contribution < 1.29 is 8.78 Å². The Morgan fingerprint density at radius 1 is 1.25 bits per heavy atom. The molecule has 1 unspecified atom stereocenters. The SMILES string of the molecule is CC(C)CNC(C)c1nnnn1-c1cccc(F)c1F. The number of benzene rings is 1. The molecule has 1 N–H and O–H groups in total. The maximum Gasteiger partial charge on any atom is 0.184 e. The van der Waals surface area contributed by atoms with Crippen LogP contribution in [0.5, 0.6) is 0 Å². The third-order valence-electron chi connectivity index (χ3n) is 2.87. The largest absolute Gasteiger partial charge is 0.307 e. The standard InChI is InChI=1S/C13H17F2N5/c1-8(2)7-16-9(3)13-17-18-19-20(13)11-6-4-5-10(14)12(11)15/h4-6,8-9,16H,7H2,1-3H3. The molecule has 20 heavy (non-hydrogen) atoms. The molecule has 108 valence electrons. The van der Waals surface area contributed by atoms with Crippen LogP contribution in [0.25, 0.3) is 5.69 Å². The van der Waals surface area contributed by atoms with Gasteiger partial charge in [-0.2, -0.15) is 4.68 Å². The predicted octanol–water partition coefficient (Wildman–Crippen LogP) is 2.25. The van der Waals surface area contributed by atoms with Crippen molar-refractivity contribution in [1.29, 1.82) is 0 Å². The summed E-state index contributed by atoms with van der Waals surface area (Å²) in [5.74, 6) is -0.980. The summed E-state index contributed by atoms with van der Waals surface area (Å²) in [7, 11) is 0. The van der Waals surface area contributed by atoms with E-state index in [1.165, 1.54) is 16.8 Å². The Balaban J connectivity index is 2.30. The van der Waals surface area contributed by atoms with Gasteiger partial charge in [0.05, 0.1) is 6.04 Å². The monoisotopic (exact) mass is 281 g/mol. The van der Waals surface area contributed by atoms with Crippen LogP contribution in [0.4, 0.5) is 8.78 Å². The van der Waals surface area contributed by atoms with Crippen LogP contribution in [0.1, 0.15) is 32.6 Å². The fraction of sp³-hybridized carbons (Fsp3) is 0.462. The van der Waals surface area contributed by atoms with Crippen molar-refractivity contribution in [2.75, 3.05) is 6.54 Å². The molecule has 1 atom stereocenters. The third kappa shape index (κ3) is 2.98. The predicted molar refractivity (Wildman–Crippen MR) is 70.3 cm³/mol. The van der Waals surface area contributed by atoms with Gasteiger partial charge in [-0.1, -0.05) is 19.9 Å². The van der Waals surface area contributed by atoms with Crippen LogP contribution in [0.15, 0.2) is 18.2 Å². The average Bonchev–Trinajstić information content (AvgIpc) is 2.88. The van der Waals surface area contributed by atoms with Gasteiger partial charge in [0.25, 0.3) is 0 Å². The van der Waals surface area contributed by atoms with Gasteiger partial charge in [0.2, 0.25) is 0 Å². The van der Waals surface area contributed by atoms with Gasteiger partial charge in [-0.25, -0.2) is 8.78 Å². The van der Waals surface area contributed by atoms with Crippen molar-refractivity contribution >= 4 is 0 Å². The number of nitrogens with zero attached hydrogens (tertiary/aromatic N) is 4. The molecule has 2 rings (SSSR count). The lowest BCUT2D eigenvalue weighted by Gasteiger charge is -2.15. The summed E-state index contributed by atoms with van der Waals surface area (Å²) < 4.78 is 28.3. The Morgan fingerprint density at radius 2 is 2.00 bits per heavy atom. The first-order chi connectivity index (χ1) is 9.50. The van der Waals surface area contributed by atoms with Crippen LogP contribution < -0.4 is 5.32 Å². The quantitative estimate of drug-likeness (QED) is 0.913. The molecule has 0 spiro atoms. The highest BCUT2D eigenvalue weighted by Crippen LogP contribution is 2.19. The number of tetrazole rings is 1. The maximum absolute atomic E-state index is 13.8. The average molecular weight is 281 g/mol. The van der Waals surface area contributed by atoms with E-state index in [-0.39, 0.29) is 11.7 Å². The minimum atomic E-state index is -0.961. The first kappa shape index (κ1) is 14.5. The minimum absolute atomic E-state index is 0.00296. The van der Waals surface area contributed by atoms with E-state index in [1.807, 2.05) is 6.92 Å². The second-order valence-electron chi connectivity index (χ2n) is 5.05. The third-order valence-corrected chi connectivity index (χ3v) is 2.87. The molecule has 0 radical (unpaired) electrons. The Labute approximate surface area is 116 Å². The lowest BCUT2D eigenvalue weighted by molar-refractivity contribution is 0.467. The van der Waals surface area contributed by atoms with Gasteiger partial charge in [0, 0.05) is 0 Å². The lowest BCUT2D eigenvalue weighted by atomic mass is 10.2. The van der Waals surface area contributed by atoms with E-state index in [9.17, 15) is 8.78 Å². The number of hydrogen-bond donors (Lipinski definition) is 1. The van der Waals surface area contributed by atoms with Crippen LogP contribution in [0.3, 0.4) is 0 Å². The van der Waals surface area contributed by atoms with E-state index in [0.29, 0.717) is 11.7 Å². The number of rotatable bonds is 5. The highest BCUT2D eigenvalue weighted by molar-refractivity contribution is 5.33. The van der Waals surface area contributed by atoms with Gasteiger partial charge in [-0.3, -0.25) is 0 Å². The number of nitrogens with one attached hydrogen (secondary N) is 1. The van der Waals surface area contributed by atoms with Crippen molar-refractivity contribution in [3.8, 4) is 5.69 Å². The van der Waals surface area contributed by atoms with Crippen molar-refractivity contribution in [3.63, 3.8) is 0 Å². The molecule has 5 nitrogen and oxygen atoms in total. The maximum atomic E-state index is 13.8. The van der Waals surface area contributed by atoms with E-state index < -0.39 is 11.6 Å². The summed E-state index contributed by atoms with van der Waals surface area (Å²) in [5.41, 5.74) is 0.00296. The lowest BCUT2D eigenvalue weighted by Crippen LogP contribution is -2.26. The van der Waals surface area contributed by atoms with Crippen LogP contribution in [-0.2, 0) is 0 Å². The molecule has 0 bridgehead atoms. The normalized spacial score (nSPS) is 12.9. The molecular formula is C13H17F2N5. The summed E-state index contributed by atoms with van der Waals surface area (Å²) >= 11 is 0. The van der Waals surface area contributed by atoms with Crippen molar-refractivity contribution in [2.24, 2.45) is 5.92 Å². The topological polar surface area (TPSA) is 55.6 Å². The zero-order chi connectivity index (χ0) is 14.7. The minimum Gasteiger partial charge on any atom is -0.307 e. The summed E-state index contributed by atoms with van der Waals surface area (Å²) in [6.07, 6.45) is 0. The number of aromatic nitrogens is 4. The van der Waals surface area contributed by atoms with Crippen LogP contribution in [0.2, 0.25) is 0 Å². The fourth-order valence-electron chi connectivity index (χ4n) is 1.80. The molecule has 0 aliphatic carbocycles. The molecule has 0 saturated carbocycles. The zero-order valence-corrected chi connectivity index (χ0v) is 11.6. The van der Waals surface area contributed by atoms with Gasteiger partial charge in [-0.15, -0.1) is 5.10 Å². The fourth-order valence-corrected chi connectivity index (χ4v) is 1.80. The Morgan fingerprint density at radius 3 is 2.70 bits per heavy atom. The molecule has 0 amide bonds. The molecule has 1 heterocycles. The van der Waals surface area contributed by atoms with E-state index in [0.717, 1.165) is 12.6 Å². The van der Waals surface area contributed by atoms with Crippen molar-refractivity contribution in [3.05, 3.63) is 35.7 Å². The first-order valence-electron chi connectivity index (χ1n) is 6.46. The molecule has 0 aliphatic heterocycles. The molecular weight excluding hydrogens is 264 g/mol. The van der Waals surface area contributed by atoms with Gasteiger partial charge in [-0.05, 0) is 41.9 Å². The first-order valence-corrected chi connectivity index (χ1v) is 6.46. The Hall–Kier alpha value is -1.89. The van der Waals surface area contributed by atoms with Gasteiger partial charge >= 0.3 is 0 Å². The number of halogens is 2. The highest BCUT2D eigenvalue weighted by Gasteiger charge is 2.19. The van der Waals surface area contributed by atoms with Gasteiger partial charge in [0.1, 0.15) is 5.69 Å². The summed E-state index contributed by atoms with van der Waals surface area (Å²) in [6, 6.07) is 3.75. The molecule has 1 aromatic carbocycles. The summed E-state index contributed by atoms with van der Waals surface area (Å²) in [6.45, 7) is 6.81. The summed E-state index contributed by atoms with van der Waals surface area (Å²) in [5, 5.41) is 14.4. The Bertz CT molecular complexity index is 582. The van der Waals surface area contributed by atoms with Crippen molar-refractivity contribution in [1.82, 2.24) is 25.5 Å². The second kappa shape index (κ2) is 6.04. The molecule has 0 saturated heterocycles. The van der Waals surface area contributed by atoms with Crippen LogP contribution >= 0.6 is 0 Å². The zero-order valence-electron chi connectivity index (χ0n) is 11.6. The molecule has 7 heteroatoms. The van der Waals surface area contributed by atoms with E-state index in [4.69, 9.17) is 0 Å². The van der Waals surface area contributed by atoms with Crippen LogP contribution in [-0.4, -0.2) is 26.8 Å². The molecule has 1 aromatic heterocycles.